The molecule has 0 saturated carbocycles. The molecule has 0 bridgehead atoms. The SMILES string of the molecule is COc1cccc(C2(C)NC(=O)N(NC(=O)COc3ccc4ccc(=O)oc4c3)C2=O)c1. The van der Waals surface area contributed by atoms with Crippen LogP contribution in [0.25, 0.3) is 11.0 Å². The third kappa shape index (κ3) is 3.85. The van der Waals surface area contributed by atoms with Gasteiger partial charge in [0.15, 0.2) is 6.61 Å². The Kier molecular flexibility index (Phi) is 5.27. The molecule has 10 nitrogen and oxygen atoms in total. The largest absolute Gasteiger partial charge is 0.497 e. The Balaban J connectivity index is 1.43. The van der Waals surface area contributed by atoms with Gasteiger partial charge in [0.25, 0.3) is 11.8 Å². The average Bonchev–Trinajstić information content (AvgIpc) is 3.01. The third-order valence-corrected chi connectivity index (χ3v) is 5.04. The highest BCUT2D eigenvalue weighted by Gasteiger charge is 2.50. The maximum Gasteiger partial charge on any atom is 0.344 e. The lowest BCUT2D eigenvalue weighted by Gasteiger charge is -2.22. The van der Waals surface area contributed by atoms with Gasteiger partial charge in [0, 0.05) is 17.5 Å². The number of benzene rings is 2. The standard InChI is InChI=1S/C22H19N3O7/c1-22(14-4-3-5-15(10-14)30-2)20(28)25(21(29)23-22)24-18(26)12-31-16-8-6-13-7-9-19(27)32-17(13)11-16/h3-11H,12H2,1-2H3,(H,23,29)(H,24,26). The quantitative estimate of drug-likeness (QED) is 0.444. The number of hydrogen-bond acceptors (Lipinski definition) is 7. The van der Waals surface area contributed by atoms with E-state index in [-0.39, 0.29) is 5.75 Å². The van der Waals surface area contributed by atoms with Crippen molar-refractivity contribution in [2.75, 3.05) is 13.7 Å². The number of ether oxygens (including phenoxy) is 2. The van der Waals surface area contributed by atoms with Gasteiger partial charge in [-0.1, -0.05) is 12.1 Å². The molecule has 1 saturated heterocycles. The lowest BCUT2D eigenvalue weighted by atomic mass is 9.92. The number of nitrogens with one attached hydrogen (secondary N) is 2. The highest BCUT2D eigenvalue weighted by Crippen LogP contribution is 2.30. The van der Waals surface area contributed by atoms with E-state index in [0.717, 1.165) is 0 Å². The highest BCUT2D eigenvalue weighted by molar-refractivity contribution is 6.08. The number of fused-ring (bicyclic) bond motifs is 1. The van der Waals surface area contributed by atoms with E-state index in [2.05, 4.69) is 10.7 Å². The number of carbonyl (C=O) groups excluding carboxylic acids is 3. The summed E-state index contributed by atoms with van der Waals surface area (Å²) in [6.07, 6.45) is 0. The molecule has 2 heterocycles. The third-order valence-electron chi connectivity index (χ3n) is 5.04. The number of nitrogens with zero attached hydrogens (tertiary/aromatic N) is 1. The van der Waals surface area contributed by atoms with E-state index in [1.807, 2.05) is 0 Å². The summed E-state index contributed by atoms with van der Waals surface area (Å²) in [6, 6.07) is 13.6. The van der Waals surface area contributed by atoms with E-state index < -0.39 is 35.6 Å². The van der Waals surface area contributed by atoms with Gasteiger partial charge >= 0.3 is 11.7 Å². The van der Waals surface area contributed by atoms with Crippen molar-refractivity contribution in [1.29, 1.82) is 0 Å². The molecule has 4 amide bonds. The number of hydrazine groups is 1. The lowest BCUT2D eigenvalue weighted by Crippen LogP contribution is -2.49. The normalized spacial score (nSPS) is 17.9. The number of methoxy groups -OCH3 is 1. The zero-order valence-electron chi connectivity index (χ0n) is 17.2. The van der Waals surface area contributed by atoms with Crippen molar-refractivity contribution in [1.82, 2.24) is 15.8 Å². The van der Waals surface area contributed by atoms with Gasteiger partial charge in [-0.25, -0.2) is 9.59 Å². The Morgan fingerprint density at radius 3 is 2.66 bits per heavy atom. The number of imide groups is 1. The summed E-state index contributed by atoms with van der Waals surface area (Å²) in [7, 11) is 1.49. The van der Waals surface area contributed by atoms with Gasteiger partial charge in [-0.15, -0.1) is 0 Å². The van der Waals surface area contributed by atoms with Crippen LogP contribution in [0.3, 0.4) is 0 Å². The van der Waals surface area contributed by atoms with E-state index in [4.69, 9.17) is 13.9 Å². The number of rotatable bonds is 6. The zero-order chi connectivity index (χ0) is 22.9. The molecular formula is C22H19N3O7. The van der Waals surface area contributed by atoms with Gasteiger partial charge < -0.3 is 19.2 Å². The molecule has 10 heteroatoms. The monoisotopic (exact) mass is 437 g/mol. The Labute approximate surface area is 181 Å². The molecule has 164 valence electrons. The van der Waals surface area contributed by atoms with Crippen molar-refractivity contribution in [2.45, 2.75) is 12.5 Å². The second-order valence-electron chi connectivity index (χ2n) is 7.21. The summed E-state index contributed by atoms with van der Waals surface area (Å²) < 4.78 is 15.7. The topological polar surface area (TPSA) is 127 Å². The molecule has 0 spiro atoms. The van der Waals surface area contributed by atoms with Crippen LogP contribution in [-0.4, -0.2) is 36.6 Å². The molecule has 1 aromatic heterocycles. The van der Waals surface area contributed by atoms with Crippen LogP contribution in [0.1, 0.15) is 12.5 Å². The number of hydrogen-bond donors (Lipinski definition) is 2. The summed E-state index contributed by atoms with van der Waals surface area (Å²) in [6.45, 7) is 1.06. The molecule has 0 aliphatic carbocycles. The van der Waals surface area contributed by atoms with Crippen molar-refractivity contribution in [3.05, 3.63) is 70.6 Å². The highest BCUT2D eigenvalue weighted by atomic mass is 16.5. The van der Waals surface area contributed by atoms with Crippen LogP contribution in [-0.2, 0) is 15.1 Å². The predicted molar refractivity (Wildman–Crippen MR) is 112 cm³/mol. The summed E-state index contributed by atoms with van der Waals surface area (Å²) in [5, 5.41) is 3.89. The number of urea groups is 1. The summed E-state index contributed by atoms with van der Waals surface area (Å²) >= 11 is 0. The van der Waals surface area contributed by atoms with Crippen LogP contribution in [0.15, 0.2) is 63.8 Å². The van der Waals surface area contributed by atoms with E-state index in [1.165, 1.54) is 26.2 Å². The first-order valence-corrected chi connectivity index (χ1v) is 9.57. The van der Waals surface area contributed by atoms with Crippen LogP contribution in [0.2, 0.25) is 0 Å². The minimum atomic E-state index is -1.38. The maximum absolute atomic E-state index is 12.9. The Hall–Kier alpha value is -4.34. The zero-order valence-corrected chi connectivity index (χ0v) is 17.2. The van der Waals surface area contributed by atoms with Crippen LogP contribution in [0.4, 0.5) is 4.79 Å². The molecular weight excluding hydrogens is 418 g/mol. The fraction of sp³-hybridized carbons (Fsp3) is 0.182. The number of amides is 4. The fourth-order valence-corrected chi connectivity index (χ4v) is 3.31. The summed E-state index contributed by atoms with van der Waals surface area (Å²) in [5.41, 5.74) is 1.17. The van der Waals surface area contributed by atoms with Gasteiger partial charge in [0.2, 0.25) is 0 Å². The van der Waals surface area contributed by atoms with E-state index in [9.17, 15) is 19.2 Å². The molecule has 1 unspecified atom stereocenters. The smallest absolute Gasteiger partial charge is 0.344 e. The van der Waals surface area contributed by atoms with Gasteiger partial charge in [0.05, 0.1) is 7.11 Å². The van der Waals surface area contributed by atoms with Crippen molar-refractivity contribution < 1.29 is 28.3 Å². The average molecular weight is 437 g/mol. The summed E-state index contributed by atoms with van der Waals surface area (Å²) in [5.74, 6) is -0.581. The van der Waals surface area contributed by atoms with Crippen molar-refractivity contribution in [3.63, 3.8) is 0 Å². The molecule has 2 N–H and O–H groups in total. The molecule has 1 atom stereocenters. The molecule has 1 aliphatic heterocycles. The first-order valence-electron chi connectivity index (χ1n) is 9.57. The van der Waals surface area contributed by atoms with E-state index in [1.54, 1.807) is 42.5 Å². The van der Waals surface area contributed by atoms with E-state index >= 15 is 0 Å². The van der Waals surface area contributed by atoms with Gasteiger partial charge in [-0.05, 0) is 42.8 Å². The molecule has 2 aromatic carbocycles. The lowest BCUT2D eigenvalue weighted by molar-refractivity contribution is -0.139. The predicted octanol–water partition coefficient (Wildman–Crippen LogP) is 1.68. The van der Waals surface area contributed by atoms with Crippen LogP contribution < -0.4 is 25.8 Å². The van der Waals surface area contributed by atoms with Crippen LogP contribution in [0.5, 0.6) is 11.5 Å². The van der Waals surface area contributed by atoms with Gasteiger partial charge in [-0.2, -0.15) is 5.01 Å². The van der Waals surface area contributed by atoms with Crippen molar-refractivity contribution in [3.8, 4) is 11.5 Å². The fourth-order valence-electron chi connectivity index (χ4n) is 3.31. The minimum absolute atomic E-state index is 0.278. The maximum atomic E-state index is 12.9. The van der Waals surface area contributed by atoms with Crippen molar-refractivity contribution in [2.24, 2.45) is 0 Å². The molecule has 1 fully saturated rings. The molecule has 32 heavy (non-hydrogen) atoms. The van der Waals surface area contributed by atoms with Crippen LogP contribution >= 0.6 is 0 Å². The van der Waals surface area contributed by atoms with Crippen molar-refractivity contribution >= 4 is 28.8 Å². The number of carbonyl (C=O) groups is 3. The Morgan fingerprint density at radius 1 is 1.09 bits per heavy atom. The molecule has 3 aromatic rings. The van der Waals surface area contributed by atoms with E-state index in [0.29, 0.717) is 27.3 Å². The summed E-state index contributed by atoms with van der Waals surface area (Å²) in [4.78, 5) is 49.0. The first kappa shape index (κ1) is 20.9. The molecule has 0 radical (unpaired) electrons. The van der Waals surface area contributed by atoms with Gasteiger partial charge in [-0.3, -0.25) is 15.0 Å². The molecule has 1 aliphatic rings. The molecule has 4 rings (SSSR count). The Bertz CT molecular complexity index is 1290. The second-order valence-corrected chi connectivity index (χ2v) is 7.21. The Morgan fingerprint density at radius 2 is 1.88 bits per heavy atom. The van der Waals surface area contributed by atoms with Gasteiger partial charge in [0.1, 0.15) is 22.6 Å². The minimum Gasteiger partial charge on any atom is -0.497 e. The second kappa shape index (κ2) is 8.06. The van der Waals surface area contributed by atoms with Crippen LogP contribution in [0, 0.1) is 0 Å². The first-order chi connectivity index (χ1) is 15.3.